The van der Waals surface area contributed by atoms with Gasteiger partial charge >= 0.3 is 5.69 Å². The summed E-state index contributed by atoms with van der Waals surface area (Å²) in [5.41, 5.74) is -0.659. The number of nitro groups is 1. The summed E-state index contributed by atoms with van der Waals surface area (Å²) >= 11 is 7.02. The molecule has 2 heterocycles. The molecule has 10 heteroatoms. The fourth-order valence-corrected chi connectivity index (χ4v) is 3.94. The lowest BCUT2D eigenvalue weighted by Gasteiger charge is -2.26. The Morgan fingerprint density at radius 2 is 2.04 bits per heavy atom. The molecular formula is C13H11ClN2O6S. The van der Waals surface area contributed by atoms with Gasteiger partial charge in [-0.25, -0.2) is 0 Å². The van der Waals surface area contributed by atoms with Gasteiger partial charge in [-0.15, -0.1) is 11.3 Å². The second-order valence-electron chi connectivity index (χ2n) is 4.88. The minimum atomic E-state index is -0.842. The van der Waals surface area contributed by atoms with Crippen molar-refractivity contribution >= 4 is 44.6 Å². The third-order valence-corrected chi connectivity index (χ3v) is 5.23. The van der Waals surface area contributed by atoms with Gasteiger partial charge in [0.15, 0.2) is 5.75 Å². The fourth-order valence-electron chi connectivity index (χ4n) is 2.38. The van der Waals surface area contributed by atoms with E-state index < -0.39 is 22.1 Å². The molecule has 1 aliphatic heterocycles. The van der Waals surface area contributed by atoms with Gasteiger partial charge in [-0.05, 0) is 6.07 Å². The summed E-state index contributed by atoms with van der Waals surface area (Å²) in [6.45, 7) is 1.63. The number of hydrogen-bond donors (Lipinski definition) is 2. The molecule has 122 valence electrons. The van der Waals surface area contributed by atoms with E-state index in [0.29, 0.717) is 26.3 Å². The molecule has 0 bridgehead atoms. The van der Waals surface area contributed by atoms with Crippen molar-refractivity contribution in [2.45, 2.75) is 0 Å². The Morgan fingerprint density at radius 1 is 1.39 bits per heavy atom. The van der Waals surface area contributed by atoms with Crippen LogP contribution in [0.3, 0.4) is 0 Å². The number of hydrogen-bond acceptors (Lipinski definition) is 7. The number of morpholine rings is 1. The number of fused-ring (bicyclic) bond motifs is 1. The molecule has 0 unspecified atom stereocenters. The standard InChI is InChI=1S/C13H11ClN2O6S/c14-8-6-5-7(17)10(18)9(16(20)21)11(6)23-12(8)13(19)15-1-3-22-4-2-15/h5,17-18H,1-4H2. The van der Waals surface area contributed by atoms with E-state index >= 15 is 0 Å². The Bertz CT molecular complexity index is 815. The lowest BCUT2D eigenvalue weighted by atomic mass is 10.2. The van der Waals surface area contributed by atoms with Crippen molar-refractivity contribution in [2.75, 3.05) is 26.3 Å². The summed E-state index contributed by atoms with van der Waals surface area (Å²) in [6, 6.07) is 1.12. The summed E-state index contributed by atoms with van der Waals surface area (Å²) in [7, 11) is 0. The van der Waals surface area contributed by atoms with E-state index in [1.807, 2.05) is 0 Å². The Labute approximate surface area is 138 Å². The normalized spacial score (nSPS) is 15.1. The van der Waals surface area contributed by atoms with Crippen LogP contribution in [0.25, 0.3) is 10.1 Å². The van der Waals surface area contributed by atoms with Crippen LogP contribution in [0, 0.1) is 10.1 Å². The Hall–Kier alpha value is -2.10. The molecule has 3 rings (SSSR count). The summed E-state index contributed by atoms with van der Waals surface area (Å²) in [6.07, 6.45) is 0. The summed E-state index contributed by atoms with van der Waals surface area (Å²) in [4.78, 5) is 24.6. The maximum absolute atomic E-state index is 12.5. The molecule has 23 heavy (non-hydrogen) atoms. The van der Waals surface area contributed by atoms with E-state index in [2.05, 4.69) is 0 Å². The van der Waals surface area contributed by atoms with Crippen molar-refractivity contribution in [3.05, 3.63) is 26.1 Å². The van der Waals surface area contributed by atoms with Crippen LogP contribution in [-0.4, -0.2) is 52.2 Å². The maximum atomic E-state index is 12.5. The van der Waals surface area contributed by atoms with E-state index in [0.717, 1.165) is 17.4 Å². The molecule has 2 aromatic rings. The predicted octanol–water partition coefficient (Wildman–Crippen LogP) is 2.35. The zero-order valence-electron chi connectivity index (χ0n) is 11.6. The second-order valence-corrected chi connectivity index (χ2v) is 6.28. The Morgan fingerprint density at radius 3 is 2.65 bits per heavy atom. The van der Waals surface area contributed by atoms with Crippen LogP contribution in [0.5, 0.6) is 11.5 Å². The number of phenols is 2. The summed E-state index contributed by atoms with van der Waals surface area (Å²) < 4.78 is 5.23. The quantitative estimate of drug-likeness (QED) is 0.484. The number of halogens is 1. The zero-order chi connectivity index (χ0) is 16.7. The van der Waals surface area contributed by atoms with E-state index in [9.17, 15) is 25.1 Å². The lowest BCUT2D eigenvalue weighted by Crippen LogP contribution is -2.40. The molecule has 1 aromatic carbocycles. The molecular weight excluding hydrogens is 348 g/mol. The van der Waals surface area contributed by atoms with Crippen molar-refractivity contribution in [3.63, 3.8) is 0 Å². The topological polar surface area (TPSA) is 113 Å². The first-order valence-corrected chi connectivity index (χ1v) is 7.79. The molecule has 0 aliphatic carbocycles. The van der Waals surface area contributed by atoms with E-state index in [-0.39, 0.29) is 25.9 Å². The smallest absolute Gasteiger partial charge is 0.332 e. The molecule has 1 aromatic heterocycles. The number of benzene rings is 1. The monoisotopic (exact) mass is 358 g/mol. The van der Waals surface area contributed by atoms with Crippen LogP contribution in [0.15, 0.2) is 6.07 Å². The highest BCUT2D eigenvalue weighted by atomic mass is 35.5. The van der Waals surface area contributed by atoms with Crippen LogP contribution >= 0.6 is 22.9 Å². The van der Waals surface area contributed by atoms with Crippen molar-refractivity contribution in [2.24, 2.45) is 0 Å². The predicted molar refractivity (Wildman–Crippen MR) is 83.5 cm³/mol. The first-order valence-electron chi connectivity index (χ1n) is 6.60. The van der Waals surface area contributed by atoms with Gasteiger partial charge in [0.1, 0.15) is 9.58 Å². The number of carbonyl (C=O) groups excluding carboxylic acids is 1. The summed E-state index contributed by atoms with van der Waals surface area (Å²) in [5, 5.41) is 30.7. The Balaban J connectivity index is 2.16. The number of ether oxygens (including phenoxy) is 1. The minimum absolute atomic E-state index is 0.0277. The average molecular weight is 359 g/mol. The minimum Gasteiger partial charge on any atom is -0.504 e. The SMILES string of the molecule is O=C(c1sc2c([N+](=O)[O-])c(O)c(O)cc2c1Cl)N1CCOCC1. The zero-order valence-corrected chi connectivity index (χ0v) is 13.2. The van der Waals surface area contributed by atoms with Gasteiger partial charge in [-0.2, -0.15) is 0 Å². The van der Waals surface area contributed by atoms with E-state index in [1.54, 1.807) is 4.90 Å². The first-order chi connectivity index (χ1) is 10.9. The van der Waals surface area contributed by atoms with Gasteiger partial charge < -0.3 is 19.8 Å². The summed E-state index contributed by atoms with van der Waals surface area (Å²) in [5.74, 6) is -1.85. The number of nitro benzene ring substituents is 1. The highest BCUT2D eigenvalue weighted by Gasteiger charge is 2.30. The molecule has 0 saturated carbocycles. The van der Waals surface area contributed by atoms with Gasteiger partial charge in [0.05, 0.1) is 23.2 Å². The van der Waals surface area contributed by atoms with Gasteiger partial charge in [0.25, 0.3) is 5.91 Å². The highest BCUT2D eigenvalue weighted by molar-refractivity contribution is 7.22. The molecule has 0 radical (unpaired) electrons. The van der Waals surface area contributed by atoms with Crippen LogP contribution in [-0.2, 0) is 4.74 Å². The van der Waals surface area contributed by atoms with Gasteiger partial charge in [0.2, 0.25) is 5.75 Å². The van der Waals surface area contributed by atoms with Crippen molar-refractivity contribution in [3.8, 4) is 11.5 Å². The average Bonchev–Trinajstić information content (AvgIpc) is 2.85. The van der Waals surface area contributed by atoms with Crippen LogP contribution in [0.4, 0.5) is 5.69 Å². The third kappa shape index (κ3) is 2.56. The number of rotatable bonds is 2. The van der Waals surface area contributed by atoms with Crippen LogP contribution in [0.1, 0.15) is 9.67 Å². The molecule has 0 spiro atoms. The Kier molecular flexibility index (Phi) is 4.00. The maximum Gasteiger partial charge on any atom is 0.332 e. The van der Waals surface area contributed by atoms with Crippen molar-refractivity contribution in [1.82, 2.24) is 4.90 Å². The molecule has 1 amide bonds. The molecule has 1 saturated heterocycles. The van der Waals surface area contributed by atoms with E-state index in [1.165, 1.54) is 0 Å². The van der Waals surface area contributed by atoms with Gasteiger partial charge in [0, 0.05) is 18.5 Å². The lowest BCUT2D eigenvalue weighted by molar-refractivity contribution is -0.383. The molecule has 8 nitrogen and oxygen atoms in total. The number of thiophene rings is 1. The molecule has 0 atom stereocenters. The number of amides is 1. The first kappa shape index (κ1) is 15.8. The van der Waals surface area contributed by atoms with E-state index in [4.69, 9.17) is 16.3 Å². The number of nitrogens with zero attached hydrogens (tertiary/aromatic N) is 2. The highest BCUT2D eigenvalue weighted by Crippen LogP contribution is 2.48. The number of carbonyl (C=O) groups is 1. The van der Waals surface area contributed by atoms with Crippen LogP contribution < -0.4 is 0 Å². The fraction of sp³-hybridized carbons (Fsp3) is 0.308. The largest absolute Gasteiger partial charge is 0.504 e. The second kappa shape index (κ2) is 5.84. The van der Waals surface area contributed by atoms with Crippen molar-refractivity contribution in [1.29, 1.82) is 0 Å². The van der Waals surface area contributed by atoms with Gasteiger partial charge in [-0.3, -0.25) is 14.9 Å². The van der Waals surface area contributed by atoms with Crippen LogP contribution in [0.2, 0.25) is 5.02 Å². The molecule has 1 fully saturated rings. The third-order valence-electron chi connectivity index (χ3n) is 3.52. The number of phenolic OH excluding ortho intramolecular Hbond substituents is 2. The number of aromatic hydroxyl groups is 2. The van der Waals surface area contributed by atoms with Gasteiger partial charge in [-0.1, -0.05) is 11.6 Å². The molecule has 1 aliphatic rings. The molecule has 2 N–H and O–H groups in total. The van der Waals surface area contributed by atoms with Crippen molar-refractivity contribution < 1.29 is 24.7 Å².